The lowest BCUT2D eigenvalue weighted by Crippen LogP contribution is -2.38. The molecule has 2 saturated heterocycles. The van der Waals surface area contributed by atoms with Gasteiger partial charge < -0.3 is 4.74 Å². The molecule has 0 aromatic carbocycles. The van der Waals surface area contributed by atoms with Gasteiger partial charge in [-0.3, -0.25) is 9.69 Å². The number of hydrogen-bond donors (Lipinski definition) is 0. The lowest BCUT2D eigenvalue weighted by molar-refractivity contribution is -0.148. The lowest BCUT2D eigenvalue weighted by atomic mass is 10.1. The number of likely N-dealkylation sites (tertiary alicyclic amines) is 1. The number of piperidine rings is 1. The van der Waals surface area contributed by atoms with Crippen LogP contribution in [0, 0.1) is 0 Å². The van der Waals surface area contributed by atoms with E-state index in [1.807, 2.05) is 0 Å². The van der Waals surface area contributed by atoms with Crippen LogP contribution in [0.5, 0.6) is 0 Å². The Morgan fingerprint density at radius 3 is 2.58 bits per heavy atom. The van der Waals surface area contributed by atoms with E-state index in [0.29, 0.717) is 6.42 Å². The monoisotopic (exact) mass is 169 g/mol. The van der Waals surface area contributed by atoms with Crippen LogP contribution < -0.4 is 0 Å². The summed E-state index contributed by atoms with van der Waals surface area (Å²) in [4.78, 5) is 13.1. The first kappa shape index (κ1) is 8.05. The summed E-state index contributed by atoms with van der Waals surface area (Å²) >= 11 is 0. The molecule has 1 unspecified atom stereocenters. The summed E-state index contributed by atoms with van der Waals surface area (Å²) in [5, 5.41) is 0. The molecule has 12 heavy (non-hydrogen) atoms. The van der Waals surface area contributed by atoms with Gasteiger partial charge in [-0.1, -0.05) is 6.42 Å². The van der Waals surface area contributed by atoms with Crippen molar-refractivity contribution >= 4 is 5.97 Å². The lowest BCUT2D eigenvalue weighted by Gasteiger charge is -2.30. The van der Waals surface area contributed by atoms with Gasteiger partial charge in [-0.25, -0.2) is 0 Å². The van der Waals surface area contributed by atoms with E-state index >= 15 is 0 Å². The van der Waals surface area contributed by atoms with Crippen molar-refractivity contribution in [3.8, 4) is 0 Å². The van der Waals surface area contributed by atoms with Crippen molar-refractivity contribution in [2.75, 3.05) is 13.1 Å². The van der Waals surface area contributed by atoms with Crippen LogP contribution >= 0.6 is 0 Å². The van der Waals surface area contributed by atoms with Gasteiger partial charge in [-0.15, -0.1) is 0 Å². The number of carbonyl (C=O) groups is 1. The predicted octanol–water partition coefficient (Wildman–Crippen LogP) is 1.14. The minimum Gasteiger partial charge on any atom is -0.446 e. The molecule has 2 rings (SSSR count). The number of hydrogen-bond acceptors (Lipinski definition) is 3. The second-order valence-electron chi connectivity index (χ2n) is 3.58. The highest BCUT2D eigenvalue weighted by molar-refractivity contribution is 5.71. The Bertz CT molecular complexity index is 175. The third-order valence-electron chi connectivity index (χ3n) is 2.66. The molecule has 0 N–H and O–H groups in total. The maximum absolute atomic E-state index is 10.8. The Morgan fingerprint density at radius 1 is 1.25 bits per heavy atom. The van der Waals surface area contributed by atoms with Crippen molar-refractivity contribution in [2.45, 2.75) is 38.3 Å². The normalized spacial score (nSPS) is 32.0. The fraction of sp³-hybridized carbons (Fsp3) is 0.889. The van der Waals surface area contributed by atoms with Crippen molar-refractivity contribution in [3.63, 3.8) is 0 Å². The molecule has 2 fully saturated rings. The molecule has 0 bridgehead atoms. The van der Waals surface area contributed by atoms with Crippen LogP contribution in [-0.2, 0) is 9.53 Å². The van der Waals surface area contributed by atoms with Crippen molar-refractivity contribution in [1.82, 2.24) is 4.90 Å². The molecular formula is C9H15NO2. The maximum atomic E-state index is 10.8. The van der Waals surface area contributed by atoms with Crippen LogP contribution in [-0.4, -0.2) is 30.2 Å². The molecule has 0 aromatic rings. The first-order chi connectivity index (χ1) is 5.86. The van der Waals surface area contributed by atoms with E-state index in [1.54, 1.807) is 0 Å². The Morgan fingerprint density at radius 2 is 2.00 bits per heavy atom. The first-order valence-electron chi connectivity index (χ1n) is 4.80. The summed E-state index contributed by atoms with van der Waals surface area (Å²) < 4.78 is 5.19. The van der Waals surface area contributed by atoms with Crippen LogP contribution in [0.3, 0.4) is 0 Å². The largest absolute Gasteiger partial charge is 0.446 e. The molecule has 68 valence electrons. The zero-order chi connectivity index (χ0) is 8.39. The molecule has 2 aliphatic heterocycles. The molecule has 2 aliphatic rings. The van der Waals surface area contributed by atoms with Crippen molar-refractivity contribution in [3.05, 3.63) is 0 Å². The smallest absolute Gasteiger partial charge is 0.307 e. The average molecular weight is 169 g/mol. The Kier molecular flexibility index (Phi) is 2.30. The molecular weight excluding hydrogens is 154 g/mol. The molecule has 3 nitrogen and oxygen atoms in total. The standard InChI is InChI=1S/C9H15NO2/c11-9-5-4-8(12-9)10-6-2-1-3-7-10/h8H,1-7H2. The van der Waals surface area contributed by atoms with Gasteiger partial charge in [0.25, 0.3) is 0 Å². The van der Waals surface area contributed by atoms with Crippen LogP contribution in [0.2, 0.25) is 0 Å². The van der Waals surface area contributed by atoms with E-state index < -0.39 is 0 Å². The Balaban J connectivity index is 1.86. The van der Waals surface area contributed by atoms with Crippen LogP contribution in [0.4, 0.5) is 0 Å². The van der Waals surface area contributed by atoms with E-state index in [2.05, 4.69) is 4.90 Å². The number of nitrogens with zero attached hydrogens (tertiary/aromatic N) is 1. The molecule has 3 heteroatoms. The highest BCUT2D eigenvalue weighted by Gasteiger charge is 2.29. The second kappa shape index (κ2) is 3.44. The second-order valence-corrected chi connectivity index (χ2v) is 3.58. The molecule has 0 saturated carbocycles. The molecule has 0 radical (unpaired) electrons. The highest BCUT2D eigenvalue weighted by Crippen LogP contribution is 2.21. The quantitative estimate of drug-likeness (QED) is 0.551. The minimum atomic E-state index is -0.0226. The third kappa shape index (κ3) is 1.61. The highest BCUT2D eigenvalue weighted by atomic mass is 16.6. The van der Waals surface area contributed by atoms with Crippen molar-refractivity contribution in [2.24, 2.45) is 0 Å². The van der Waals surface area contributed by atoms with Crippen molar-refractivity contribution in [1.29, 1.82) is 0 Å². The Hall–Kier alpha value is -0.570. The molecule has 0 spiro atoms. The third-order valence-corrected chi connectivity index (χ3v) is 2.66. The topological polar surface area (TPSA) is 29.5 Å². The first-order valence-corrected chi connectivity index (χ1v) is 4.80. The van der Waals surface area contributed by atoms with Gasteiger partial charge in [0.1, 0.15) is 0 Å². The summed E-state index contributed by atoms with van der Waals surface area (Å²) in [6, 6.07) is 0. The average Bonchev–Trinajstić information content (AvgIpc) is 2.54. The summed E-state index contributed by atoms with van der Waals surface area (Å²) in [6.45, 7) is 2.22. The minimum absolute atomic E-state index is 0.0226. The van der Waals surface area contributed by atoms with E-state index in [4.69, 9.17) is 4.74 Å². The van der Waals surface area contributed by atoms with E-state index in [0.717, 1.165) is 19.5 Å². The molecule has 0 aromatic heterocycles. The van der Waals surface area contributed by atoms with Crippen LogP contribution in [0.15, 0.2) is 0 Å². The SMILES string of the molecule is O=C1CCC(N2CCCCC2)O1. The summed E-state index contributed by atoms with van der Waals surface area (Å²) in [5.74, 6) is -0.0226. The molecule has 1 atom stereocenters. The number of rotatable bonds is 1. The Labute approximate surface area is 72.7 Å². The van der Waals surface area contributed by atoms with Gasteiger partial charge in [-0.2, -0.15) is 0 Å². The zero-order valence-electron chi connectivity index (χ0n) is 7.29. The summed E-state index contributed by atoms with van der Waals surface area (Å²) in [7, 11) is 0. The van der Waals surface area contributed by atoms with Gasteiger partial charge in [0.2, 0.25) is 0 Å². The van der Waals surface area contributed by atoms with E-state index in [1.165, 1.54) is 19.3 Å². The fourth-order valence-corrected chi connectivity index (χ4v) is 1.97. The molecule has 0 aliphatic carbocycles. The van der Waals surface area contributed by atoms with Crippen LogP contribution in [0.1, 0.15) is 32.1 Å². The number of ether oxygens (including phenoxy) is 1. The van der Waals surface area contributed by atoms with Gasteiger partial charge in [-0.05, 0) is 12.8 Å². The van der Waals surface area contributed by atoms with E-state index in [9.17, 15) is 4.79 Å². The van der Waals surface area contributed by atoms with Gasteiger partial charge in [0, 0.05) is 19.5 Å². The maximum Gasteiger partial charge on any atom is 0.307 e. The predicted molar refractivity (Wildman–Crippen MR) is 44.5 cm³/mol. The molecule has 0 amide bonds. The summed E-state index contributed by atoms with van der Waals surface area (Å²) in [6.07, 6.45) is 5.47. The number of esters is 1. The summed E-state index contributed by atoms with van der Waals surface area (Å²) in [5.41, 5.74) is 0. The molecule has 2 heterocycles. The number of carbonyl (C=O) groups excluding carboxylic acids is 1. The van der Waals surface area contributed by atoms with E-state index in [-0.39, 0.29) is 12.2 Å². The van der Waals surface area contributed by atoms with Gasteiger partial charge >= 0.3 is 5.97 Å². The fourth-order valence-electron chi connectivity index (χ4n) is 1.97. The zero-order valence-corrected chi connectivity index (χ0v) is 7.29. The van der Waals surface area contributed by atoms with Crippen molar-refractivity contribution < 1.29 is 9.53 Å². The van der Waals surface area contributed by atoms with Gasteiger partial charge in [0.05, 0.1) is 6.42 Å². The van der Waals surface area contributed by atoms with Gasteiger partial charge in [0.15, 0.2) is 6.23 Å². The van der Waals surface area contributed by atoms with Crippen LogP contribution in [0.25, 0.3) is 0 Å². The number of cyclic esters (lactones) is 1.